The van der Waals surface area contributed by atoms with Gasteiger partial charge in [-0.2, -0.15) is 0 Å². The van der Waals surface area contributed by atoms with E-state index >= 15 is 0 Å². The lowest BCUT2D eigenvalue weighted by Gasteiger charge is -2.15. The molecular formula is C11H17N3O2. The van der Waals surface area contributed by atoms with Crippen LogP contribution in [0.5, 0.6) is 5.75 Å². The first-order valence-electron chi connectivity index (χ1n) is 5.11. The normalized spacial score (nSPS) is 9.75. The second-order valence-corrected chi connectivity index (χ2v) is 3.34. The van der Waals surface area contributed by atoms with Crippen molar-refractivity contribution < 1.29 is 9.53 Å². The number of methoxy groups -OCH3 is 1. The molecule has 5 nitrogen and oxygen atoms in total. The van der Waals surface area contributed by atoms with Gasteiger partial charge in [0.1, 0.15) is 11.4 Å². The number of hydrogen-bond donors (Lipinski definition) is 1. The lowest BCUT2D eigenvalue weighted by Crippen LogP contribution is -2.27. The molecule has 0 fully saturated rings. The third kappa shape index (κ3) is 2.42. The highest BCUT2D eigenvalue weighted by atomic mass is 16.5. The number of anilines is 1. The van der Waals surface area contributed by atoms with Crippen LogP contribution >= 0.6 is 0 Å². The number of nitrogens with one attached hydrogen (secondary N) is 1. The van der Waals surface area contributed by atoms with Gasteiger partial charge in [0.2, 0.25) is 0 Å². The van der Waals surface area contributed by atoms with Crippen molar-refractivity contribution >= 4 is 11.6 Å². The molecule has 0 unspecified atom stereocenters. The van der Waals surface area contributed by atoms with Crippen molar-refractivity contribution in [3.63, 3.8) is 0 Å². The lowest BCUT2D eigenvalue weighted by molar-refractivity contribution is 0.0796. The van der Waals surface area contributed by atoms with Gasteiger partial charge >= 0.3 is 0 Å². The average Bonchev–Trinajstić information content (AvgIpc) is 2.35. The van der Waals surface area contributed by atoms with Gasteiger partial charge in [0.25, 0.3) is 5.91 Å². The quantitative estimate of drug-likeness (QED) is 0.834. The molecule has 0 bridgehead atoms. The number of ether oxygens (including phenoxy) is 1. The summed E-state index contributed by atoms with van der Waals surface area (Å²) in [4.78, 5) is 17.5. The molecule has 0 saturated carbocycles. The number of carbonyl (C=O) groups is 1. The molecule has 0 aliphatic heterocycles. The molecule has 1 aromatic heterocycles. The van der Waals surface area contributed by atoms with Gasteiger partial charge in [-0.15, -0.1) is 0 Å². The number of rotatable bonds is 4. The molecule has 1 rings (SSSR count). The zero-order valence-electron chi connectivity index (χ0n) is 10.1. The number of carbonyl (C=O) groups excluding carboxylic acids is 1. The summed E-state index contributed by atoms with van der Waals surface area (Å²) in [5.41, 5.74) is 1.15. The largest absolute Gasteiger partial charge is 0.494 e. The summed E-state index contributed by atoms with van der Waals surface area (Å²) < 4.78 is 5.17. The Bertz CT molecular complexity index is 379. The summed E-state index contributed by atoms with van der Waals surface area (Å²) in [7, 11) is 5.08. The number of nitrogens with zero attached hydrogens (tertiary/aromatic N) is 2. The molecule has 0 aromatic carbocycles. The van der Waals surface area contributed by atoms with E-state index in [0.29, 0.717) is 18.0 Å². The summed E-state index contributed by atoms with van der Waals surface area (Å²) >= 11 is 0. The fourth-order valence-corrected chi connectivity index (χ4v) is 1.25. The van der Waals surface area contributed by atoms with Gasteiger partial charge in [-0.3, -0.25) is 4.79 Å². The highest BCUT2D eigenvalue weighted by Crippen LogP contribution is 2.23. The SMILES string of the molecule is CCN(C)C(=O)c1cc(OC)c(NC)cn1. The maximum absolute atomic E-state index is 11.8. The third-order valence-corrected chi connectivity index (χ3v) is 2.40. The monoisotopic (exact) mass is 223 g/mol. The van der Waals surface area contributed by atoms with E-state index < -0.39 is 0 Å². The molecule has 0 saturated heterocycles. The van der Waals surface area contributed by atoms with Crippen molar-refractivity contribution in [3.05, 3.63) is 18.0 Å². The minimum Gasteiger partial charge on any atom is -0.494 e. The van der Waals surface area contributed by atoms with E-state index in [1.54, 1.807) is 38.4 Å². The van der Waals surface area contributed by atoms with Crippen molar-refractivity contribution in [1.29, 1.82) is 0 Å². The highest BCUT2D eigenvalue weighted by molar-refractivity contribution is 5.93. The first-order valence-corrected chi connectivity index (χ1v) is 5.11. The summed E-state index contributed by atoms with van der Waals surface area (Å²) in [5, 5.41) is 2.94. The molecule has 1 heterocycles. The molecule has 0 spiro atoms. The summed E-state index contributed by atoms with van der Waals surface area (Å²) in [6, 6.07) is 1.64. The second-order valence-electron chi connectivity index (χ2n) is 3.34. The van der Waals surface area contributed by atoms with Crippen LogP contribution in [-0.4, -0.2) is 43.5 Å². The third-order valence-electron chi connectivity index (χ3n) is 2.40. The van der Waals surface area contributed by atoms with E-state index in [4.69, 9.17) is 4.74 Å². The maximum Gasteiger partial charge on any atom is 0.272 e. The Labute approximate surface area is 95.4 Å². The van der Waals surface area contributed by atoms with Crippen LogP contribution in [0.15, 0.2) is 12.3 Å². The zero-order chi connectivity index (χ0) is 12.1. The second kappa shape index (κ2) is 5.34. The van der Waals surface area contributed by atoms with Gasteiger partial charge < -0.3 is 15.0 Å². The molecule has 16 heavy (non-hydrogen) atoms. The van der Waals surface area contributed by atoms with Crippen LogP contribution in [0.3, 0.4) is 0 Å². The Morgan fingerprint density at radius 1 is 1.62 bits per heavy atom. The molecule has 0 aliphatic carbocycles. The lowest BCUT2D eigenvalue weighted by atomic mass is 10.3. The van der Waals surface area contributed by atoms with E-state index in [9.17, 15) is 4.79 Å². The van der Waals surface area contributed by atoms with Gasteiger partial charge in [0, 0.05) is 26.7 Å². The number of pyridine rings is 1. The van der Waals surface area contributed by atoms with Crippen LogP contribution in [0.1, 0.15) is 17.4 Å². The Kier molecular flexibility index (Phi) is 4.10. The molecule has 0 atom stereocenters. The number of aromatic nitrogens is 1. The van der Waals surface area contributed by atoms with Gasteiger partial charge in [0.05, 0.1) is 19.0 Å². The fourth-order valence-electron chi connectivity index (χ4n) is 1.25. The topological polar surface area (TPSA) is 54.5 Å². The number of hydrogen-bond acceptors (Lipinski definition) is 4. The van der Waals surface area contributed by atoms with E-state index in [1.807, 2.05) is 6.92 Å². The van der Waals surface area contributed by atoms with Crippen LogP contribution in [-0.2, 0) is 0 Å². The van der Waals surface area contributed by atoms with E-state index in [-0.39, 0.29) is 5.91 Å². The fraction of sp³-hybridized carbons (Fsp3) is 0.455. The van der Waals surface area contributed by atoms with Gasteiger partial charge in [-0.05, 0) is 6.92 Å². The summed E-state index contributed by atoms with van der Waals surface area (Å²) in [6.45, 7) is 2.56. The molecule has 1 aromatic rings. The standard InChI is InChI=1S/C11H17N3O2/c1-5-14(3)11(15)8-6-10(16-4)9(12-2)7-13-8/h6-7,12H,5H2,1-4H3. The van der Waals surface area contributed by atoms with Gasteiger partial charge in [-0.1, -0.05) is 0 Å². The summed E-state index contributed by atoms with van der Waals surface area (Å²) in [5.74, 6) is 0.508. The summed E-state index contributed by atoms with van der Waals surface area (Å²) in [6.07, 6.45) is 1.59. The molecule has 5 heteroatoms. The maximum atomic E-state index is 11.8. The van der Waals surface area contributed by atoms with Crippen molar-refractivity contribution in [2.75, 3.05) is 33.1 Å². The smallest absolute Gasteiger partial charge is 0.272 e. The molecule has 1 N–H and O–H groups in total. The van der Waals surface area contributed by atoms with Gasteiger partial charge in [0.15, 0.2) is 0 Å². The Balaban J connectivity index is 3.03. The van der Waals surface area contributed by atoms with Crippen LogP contribution in [0.2, 0.25) is 0 Å². The first-order chi connectivity index (χ1) is 7.63. The molecular weight excluding hydrogens is 206 g/mol. The van der Waals surface area contributed by atoms with Crippen molar-refractivity contribution in [2.24, 2.45) is 0 Å². The van der Waals surface area contributed by atoms with Crippen molar-refractivity contribution in [1.82, 2.24) is 9.88 Å². The number of amides is 1. The van der Waals surface area contributed by atoms with E-state index in [2.05, 4.69) is 10.3 Å². The highest BCUT2D eigenvalue weighted by Gasteiger charge is 2.14. The van der Waals surface area contributed by atoms with Crippen LogP contribution in [0.25, 0.3) is 0 Å². The van der Waals surface area contributed by atoms with E-state index in [1.165, 1.54) is 0 Å². The minimum atomic E-state index is -0.108. The van der Waals surface area contributed by atoms with E-state index in [0.717, 1.165) is 5.69 Å². The molecule has 1 amide bonds. The Hall–Kier alpha value is -1.78. The van der Waals surface area contributed by atoms with Crippen molar-refractivity contribution in [2.45, 2.75) is 6.92 Å². The average molecular weight is 223 g/mol. The van der Waals surface area contributed by atoms with Crippen molar-refractivity contribution in [3.8, 4) is 5.75 Å². The molecule has 0 aliphatic rings. The minimum absolute atomic E-state index is 0.108. The molecule has 88 valence electrons. The predicted molar refractivity (Wildman–Crippen MR) is 63.0 cm³/mol. The van der Waals surface area contributed by atoms with Crippen LogP contribution in [0.4, 0.5) is 5.69 Å². The Morgan fingerprint density at radius 3 is 2.81 bits per heavy atom. The zero-order valence-corrected chi connectivity index (χ0v) is 10.1. The molecule has 0 radical (unpaired) electrons. The first kappa shape index (κ1) is 12.3. The van der Waals surface area contributed by atoms with Gasteiger partial charge in [-0.25, -0.2) is 4.98 Å². The Morgan fingerprint density at radius 2 is 2.31 bits per heavy atom. The van der Waals surface area contributed by atoms with Crippen LogP contribution in [0, 0.1) is 0 Å². The van der Waals surface area contributed by atoms with Crippen LogP contribution < -0.4 is 10.1 Å². The predicted octanol–water partition coefficient (Wildman–Crippen LogP) is 1.22.